The number of ether oxygens (including phenoxy) is 1. The minimum Gasteiger partial charge on any atom is -0.469 e. The van der Waals surface area contributed by atoms with Gasteiger partial charge in [0.25, 0.3) is 0 Å². The maximum atomic E-state index is 13.1. The van der Waals surface area contributed by atoms with Gasteiger partial charge >= 0.3 is 5.97 Å². The molecule has 28 heavy (non-hydrogen) atoms. The third-order valence-corrected chi connectivity index (χ3v) is 4.61. The fourth-order valence-electron chi connectivity index (χ4n) is 3.03. The first-order valence-corrected chi connectivity index (χ1v) is 9.66. The molecule has 0 heterocycles. The molecule has 5 nitrogen and oxygen atoms in total. The highest BCUT2D eigenvalue weighted by molar-refractivity contribution is 5.78. The third kappa shape index (κ3) is 7.16. The lowest BCUT2D eigenvalue weighted by atomic mass is 10.1. The molecular formula is C23H30N2O3. The molecule has 0 aliphatic heterocycles. The summed E-state index contributed by atoms with van der Waals surface area (Å²) in [6.45, 7) is 5.98. The molecule has 0 saturated carbocycles. The Morgan fingerprint density at radius 2 is 1.43 bits per heavy atom. The lowest BCUT2D eigenvalue weighted by Crippen LogP contribution is -2.43. The fraction of sp³-hybridized carbons (Fsp3) is 0.391. The zero-order valence-corrected chi connectivity index (χ0v) is 17.0. The van der Waals surface area contributed by atoms with Gasteiger partial charge in [0.2, 0.25) is 5.91 Å². The molecule has 1 amide bonds. The normalized spacial score (nSPS) is 10.9. The Labute approximate surface area is 167 Å². The Morgan fingerprint density at radius 3 is 1.93 bits per heavy atom. The summed E-state index contributed by atoms with van der Waals surface area (Å²) in [4.78, 5) is 28.6. The molecule has 0 atom stereocenters. The number of methoxy groups -OCH3 is 1. The van der Waals surface area contributed by atoms with Crippen LogP contribution in [0.15, 0.2) is 60.7 Å². The molecule has 0 fully saturated rings. The van der Waals surface area contributed by atoms with Crippen LogP contribution in [0.5, 0.6) is 0 Å². The monoisotopic (exact) mass is 382 g/mol. The number of benzene rings is 2. The highest BCUT2D eigenvalue weighted by Gasteiger charge is 2.21. The Hall–Kier alpha value is -2.66. The predicted molar refractivity (Wildman–Crippen MR) is 110 cm³/mol. The molecule has 0 spiro atoms. The molecule has 0 radical (unpaired) electrons. The Kier molecular flexibility index (Phi) is 8.69. The van der Waals surface area contributed by atoms with Crippen LogP contribution in [0.1, 0.15) is 31.4 Å². The van der Waals surface area contributed by atoms with Crippen LogP contribution in [0.2, 0.25) is 0 Å². The Balaban J connectivity index is 2.07. The van der Waals surface area contributed by atoms with E-state index in [0.29, 0.717) is 19.6 Å². The number of amides is 1. The lowest BCUT2D eigenvalue weighted by molar-refractivity contribution is -0.142. The van der Waals surface area contributed by atoms with E-state index in [9.17, 15) is 9.59 Å². The Bertz CT molecular complexity index is 732. The molecular weight excluding hydrogens is 352 g/mol. The Morgan fingerprint density at radius 1 is 0.893 bits per heavy atom. The van der Waals surface area contributed by atoms with Crippen LogP contribution in [0.4, 0.5) is 0 Å². The van der Waals surface area contributed by atoms with Crippen molar-refractivity contribution in [1.82, 2.24) is 9.80 Å². The largest absolute Gasteiger partial charge is 0.469 e. The van der Waals surface area contributed by atoms with Gasteiger partial charge in [-0.15, -0.1) is 0 Å². The second-order valence-electron chi connectivity index (χ2n) is 7.12. The summed E-state index contributed by atoms with van der Waals surface area (Å²) in [5.41, 5.74) is 2.22. The number of hydrogen-bond acceptors (Lipinski definition) is 4. The van der Waals surface area contributed by atoms with E-state index in [1.807, 2.05) is 84.3 Å². The van der Waals surface area contributed by atoms with Crippen LogP contribution < -0.4 is 0 Å². The highest BCUT2D eigenvalue weighted by Crippen LogP contribution is 2.11. The third-order valence-electron chi connectivity index (χ3n) is 4.61. The van der Waals surface area contributed by atoms with Crippen molar-refractivity contribution in [2.24, 2.45) is 0 Å². The standard InChI is InChI=1S/C23H30N2O3/c1-19(2)25(17-21-12-8-5-9-13-21)22(26)18-24(15-14-23(27)28-3)16-20-10-6-4-7-11-20/h4-13,19H,14-18H2,1-3H3. The first-order valence-electron chi connectivity index (χ1n) is 9.66. The van der Waals surface area contributed by atoms with Gasteiger partial charge in [-0.3, -0.25) is 14.5 Å². The number of nitrogens with zero attached hydrogens (tertiary/aromatic N) is 2. The number of hydrogen-bond donors (Lipinski definition) is 0. The summed E-state index contributed by atoms with van der Waals surface area (Å²) in [5, 5.41) is 0. The number of rotatable bonds is 10. The topological polar surface area (TPSA) is 49.9 Å². The SMILES string of the molecule is COC(=O)CCN(CC(=O)N(Cc1ccccc1)C(C)C)Cc1ccccc1. The van der Waals surface area contributed by atoms with Crippen molar-refractivity contribution in [1.29, 1.82) is 0 Å². The predicted octanol–water partition coefficient (Wildman–Crippen LogP) is 3.49. The lowest BCUT2D eigenvalue weighted by Gasteiger charge is -2.30. The molecule has 0 bridgehead atoms. The smallest absolute Gasteiger partial charge is 0.306 e. The van der Waals surface area contributed by atoms with Gasteiger partial charge < -0.3 is 9.64 Å². The summed E-state index contributed by atoms with van der Waals surface area (Å²) in [6, 6.07) is 20.1. The molecule has 0 N–H and O–H groups in total. The molecule has 0 aliphatic rings. The van der Waals surface area contributed by atoms with Crippen LogP contribution in [0.3, 0.4) is 0 Å². The maximum absolute atomic E-state index is 13.1. The van der Waals surface area contributed by atoms with Crippen molar-refractivity contribution < 1.29 is 14.3 Å². The quantitative estimate of drug-likeness (QED) is 0.590. The van der Waals surface area contributed by atoms with Gasteiger partial charge in [-0.25, -0.2) is 0 Å². The van der Waals surface area contributed by atoms with Gasteiger partial charge in [0, 0.05) is 25.7 Å². The average Bonchev–Trinajstić information content (AvgIpc) is 2.71. The first kappa shape index (κ1) is 21.6. The number of carbonyl (C=O) groups excluding carboxylic acids is 2. The fourth-order valence-corrected chi connectivity index (χ4v) is 3.03. The molecule has 150 valence electrons. The average molecular weight is 383 g/mol. The van der Waals surface area contributed by atoms with Gasteiger partial charge in [-0.05, 0) is 25.0 Å². The van der Waals surface area contributed by atoms with Crippen LogP contribution in [0, 0.1) is 0 Å². The first-order chi connectivity index (χ1) is 13.5. The number of carbonyl (C=O) groups is 2. The second-order valence-corrected chi connectivity index (χ2v) is 7.12. The maximum Gasteiger partial charge on any atom is 0.306 e. The van der Waals surface area contributed by atoms with E-state index in [2.05, 4.69) is 0 Å². The highest BCUT2D eigenvalue weighted by atomic mass is 16.5. The van der Waals surface area contributed by atoms with E-state index in [0.717, 1.165) is 11.1 Å². The zero-order valence-electron chi connectivity index (χ0n) is 17.0. The van der Waals surface area contributed by atoms with Gasteiger partial charge in [-0.2, -0.15) is 0 Å². The molecule has 2 aromatic rings. The van der Waals surface area contributed by atoms with Crippen molar-refractivity contribution in [3.05, 3.63) is 71.8 Å². The molecule has 0 aliphatic carbocycles. The van der Waals surface area contributed by atoms with E-state index < -0.39 is 0 Å². The minimum atomic E-state index is -0.268. The van der Waals surface area contributed by atoms with Crippen molar-refractivity contribution in [2.45, 2.75) is 39.4 Å². The van der Waals surface area contributed by atoms with E-state index in [-0.39, 0.29) is 30.9 Å². The van der Waals surface area contributed by atoms with Gasteiger partial charge in [-0.1, -0.05) is 60.7 Å². The van der Waals surface area contributed by atoms with E-state index in [1.54, 1.807) is 0 Å². The van der Waals surface area contributed by atoms with Crippen molar-refractivity contribution in [2.75, 3.05) is 20.2 Å². The van der Waals surface area contributed by atoms with Gasteiger partial charge in [0.1, 0.15) is 0 Å². The molecule has 0 aromatic heterocycles. The molecule has 0 saturated heterocycles. The van der Waals surface area contributed by atoms with Crippen LogP contribution in [-0.2, 0) is 27.4 Å². The van der Waals surface area contributed by atoms with Crippen LogP contribution in [-0.4, -0.2) is 47.9 Å². The molecule has 2 aromatic carbocycles. The van der Waals surface area contributed by atoms with Crippen molar-refractivity contribution >= 4 is 11.9 Å². The molecule has 0 unspecified atom stereocenters. The van der Waals surface area contributed by atoms with Crippen molar-refractivity contribution in [3.8, 4) is 0 Å². The number of esters is 1. The van der Waals surface area contributed by atoms with Gasteiger partial charge in [0.05, 0.1) is 20.1 Å². The molecule has 2 rings (SSSR count). The van der Waals surface area contributed by atoms with Crippen LogP contribution >= 0.6 is 0 Å². The minimum absolute atomic E-state index is 0.0552. The van der Waals surface area contributed by atoms with Crippen LogP contribution in [0.25, 0.3) is 0 Å². The van der Waals surface area contributed by atoms with Crippen molar-refractivity contribution in [3.63, 3.8) is 0 Å². The second kappa shape index (κ2) is 11.2. The van der Waals surface area contributed by atoms with Gasteiger partial charge in [0.15, 0.2) is 0 Å². The summed E-state index contributed by atoms with van der Waals surface area (Å²) in [7, 11) is 1.38. The molecule has 5 heteroatoms. The van der Waals surface area contributed by atoms with E-state index in [1.165, 1.54) is 7.11 Å². The summed E-state index contributed by atoms with van der Waals surface area (Å²) >= 11 is 0. The van der Waals surface area contributed by atoms with E-state index in [4.69, 9.17) is 4.74 Å². The zero-order chi connectivity index (χ0) is 20.4. The summed E-state index contributed by atoms with van der Waals surface area (Å²) in [6.07, 6.45) is 0.261. The summed E-state index contributed by atoms with van der Waals surface area (Å²) < 4.78 is 4.76. The van der Waals surface area contributed by atoms with E-state index >= 15 is 0 Å². The summed E-state index contributed by atoms with van der Waals surface area (Å²) in [5.74, 6) is -0.213.